The second-order valence-corrected chi connectivity index (χ2v) is 10.1. The number of phenolic OH excluding ortho intramolecular Hbond substituents is 1. The molecule has 0 bridgehead atoms. The van der Waals surface area contributed by atoms with Gasteiger partial charge in [-0.1, -0.05) is 6.07 Å². The monoisotopic (exact) mass is 541 g/mol. The van der Waals surface area contributed by atoms with E-state index in [1.54, 1.807) is 29.6 Å². The predicted molar refractivity (Wildman–Crippen MR) is 144 cm³/mol. The molecule has 0 amide bonds. The van der Waals surface area contributed by atoms with Crippen molar-refractivity contribution in [1.29, 1.82) is 0 Å². The van der Waals surface area contributed by atoms with Gasteiger partial charge in [-0.2, -0.15) is 5.10 Å². The number of aromatic nitrogens is 6. The van der Waals surface area contributed by atoms with Crippen molar-refractivity contribution in [1.82, 2.24) is 35.0 Å². The lowest BCUT2D eigenvalue weighted by atomic mass is 10.0. The molecule has 7 rings (SSSR count). The third-order valence-electron chi connectivity index (χ3n) is 7.16. The summed E-state index contributed by atoms with van der Waals surface area (Å²) in [5.41, 5.74) is 6.11. The van der Waals surface area contributed by atoms with Gasteiger partial charge in [0.15, 0.2) is 11.5 Å². The third-order valence-corrected chi connectivity index (χ3v) is 7.16. The highest BCUT2D eigenvalue weighted by molar-refractivity contribution is 5.97. The van der Waals surface area contributed by atoms with Crippen LogP contribution in [-0.2, 0) is 6.54 Å². The molecule has 1 saturated heterocycles. The quantitative estimate of drug-likeness (QED) is 0.250. The lowest BCUT2D eigenvalue weighted by Gasteiger charge is -2.15. The first-order valence-electron chi connectivity index (χ1n) is 12.7. The number of nitrogens with zero attached hydrogens (tertiary/aromatic N) is 5. The molecule has 0 unspecified atom stereocenters. The molecule has 0 saturated carbocycles. The number of alkyl halides is 2. The van der Waals surface area contributed by atoms with Crippen molar-refractivity contribution >= 4 is 22.1 Å². The van der Waals surface area contributed by atoms with Crippen LogP contribution in [0.25, 0.3) is 55.8 Å². The van der Waals surface area contributed by atoms with Crippen molar-refractivity contribution in [2.45, 2.75) is 18.9 Å². The zero-order chi connectivity index (χ0) is 27.4. The van der Waals surface area contributed by atoms with E-state index in [0.717, 1.165) is 33.7 Å². The first kappa shape index (κ1) is 24.3. The molecule has 3 N–H and O–H groups in total. The summed E-state index contributed by atoms with van der Waals surface area (Å²) >= 11 is 0. The van der Waals surface area contributed by atoms with Crippen LogP contribution in [0.4, 0.5) is 13.2 Å². The van der Waals surface area contributed by atoms with Gasteiger partial charge in [-0.3, -0.25) is 15.0 Å². The second kappa shape index (κ2) is 9.16. The normalized spacial score (nSPS) is 15.4. The highest BCUT2D eigenvalue weighted by atomic mass is 19.3. The van der Waals surface area contributed by atoms with Crippen LogP contribution in [0.5, 0.6) is 5.75 Å². The van der Waals surface area contributed by atoms with Gasteiger partial charge in [-0.25, -0.2) is 23.1 Å². The summed E-state index contributed by atoms with van der Waals surface area (Å²) in [6.07, 6.45) is 4.91. The predicted octanol–water partition coefficient (Wildman–Crippen LogP) is 5.92. The molecule has 0 aliphatic carbocycles. The van der Waals surface area contributed by atoms with E-state index in [2.05, 4.69) is 30.1 Å². The van der Waals surface area contributed by atoms with E-state index >= 15 is 0 Å². The van der Waals surface area contributed by atoms with Crippen LogP contribution in [0.3, 0.4) is 0 Å². The molecule has 6 aromatic rings. The number of pyridine rings is 2. The van der Waals surface area contributed by atoms with Gasteiger partial charge in [-0.15, -0.1) is 0 Å². The van der Waals surface area contributed by atoms with Crippen molar-refractivity contribution in [3.05, 3.63) is 78.5 Å². The molecule has 0 spiro atoms. The maximum atomic E-state index is 14.0. The Bertz CT molecular complexity index is 1880. The Hall–Kier alpha value is -4.77. The zero-order valence-electron chi connectivity index (χ0n) is 21.0. The van der Waals surface area contributed by atoms with Crippen molar-refractivity contribution in [3.8, 4) is 39.5 Å². The minimum Gasteiger partial charge on any atom is -0.508 e. The van der Waals surface area contributed by atoms with Crippen molar-refractivity contribution in [2.75, 3.05) is 13.1 Å². The maximum Gasteiger partial charge on any atom is 0.261 e. The number of benzene rings is 2. The highest BCUT2D eigenvalue weighted by Gasteiger charge is 2.37. The Kier molecular flexibility index (Phi) is 5.56. The number of aromatic amines is 2. The number of hydrogen-bond donors (Lipinski definition) is 3. The van der Waals surface area contributed by atoms with E-state index in [1.165, 1.54) is 12.1 Å². The average Bonchev–Trinajstić information content (AvgIpc) is 3.63. The highest BCUT2D eigenvalue weighted by Crippen LogP contribution is 2.34. The average molecular weight is 542 g/mol. The fourth-order valence-corrected chi connectivity index (χ4v) is 5.30. The number of rotatable bonds is 5. The molecular formula is C29H22F3N7O. The molecule has 11 heteroatoms. The smallest absolute Gasteiger partial charge is 0.261 e. The van der Waals surface area contributed by atoms with Gasteiger partial charge >= 0.3 is 0 Å². The fraction of sp³-hybridized carbons (Fsp3) is 0.172. The Morgan fingerprint density at radius 2 is 1.90 bits per heavy atom. The van der Waals surface area contributed by atoms with Gasteiger partial charge in [0.2, 0.25) is 0 Å². The summed E-state index contributed by atoms with van der Waals surface area (Å²) in [6.45, 7) is 0.527. The summed E-state index contributed by atoms with van der Waals surface area (Å²) in [5.74, 6) is -2.90. The van der Waals surface area contributed by atoms with Crippen LogP contribution in [0, 0.1) is 5.82 Å². The number of imidazole rings is 1. The fourth-order valence-electron chi connectivity index (χ4n) is 5.30. The Balaban J connectivity index is 1.25. The van der Waals surface area contributed by atoms with Gasteiger partial charge in [0.1, 0.15) is 17.3 Å². The van der Waals surface area contributed by atoms with Crippen molar-refractivity contribution in [2.24, 2.45) is 0 Å². The first-order chi connectivity index (χ1) is 19.3. The number of hydrogen-bond acceptors (Lipinski definition) is 6. The number of halogens is 3. The van der Waals surface area contributed by atoms with E-state index in [4.69, 9.17) is 0 Å². The number of fused-ring (bicyclic) bond motifs is 2. The van der Waals surface area contributed by atoms with E-state index < -0.39 is 11.7 Å². The molecular weight excluding hydrogens is 519 g/mol. The first-order valence-corrected chi connectivity index (χ1v) is 12.7. The van der Waals surface area contributed by atoms with Crippen LogP contribution < -0.4 is 0 Å². The summed E-state index contributed by atoms with van der Waals surface area (Å²) in [4.78, 5) is 18.4. The number of phenols is 1. The van der Waals surface area contributed by atoms with Gasteiger partial charge in [0.25, 0.3) is 5.92 Å². The Morgan fingerprint density at radius 1 is 1.00 bits per heavy atom. The van der Waals surface area contributed by atoms with E-state index in [1.807, 2.05) is 24.3 Å². The Labute approximate surface area is 225 Å². The molecule has 8 nitrogen and oxygen atoms in total. The SMILES string of the molecule is Oc1cc(F)cc(-c2ccnc3nc(-c4n[nH]c5ccc(-c6cncc(CN7CCC(F)(F)C7)c6)cc45)[nH]c23)c1. The van der Waals surface area contributed by atoms with Gasteiger partial charge in [-0.05, 0) is 53.1 Å². The van der Waals surface area contributed by atoms with E-state index in [9.17, 15) is 18.3 Å². The summed E-state index contributed by atoms with van der Waals surface area (Å²) in [6, 6.07) is 13.4. The molecule has 2 aromatic carbocycles. The van der Waals surface area contributed by atoms with Gasteiger partial charge in [0, 0.05) is 60.7 Å². The van der Waals surface area contributed by atoms with Crippen LogP contribution in [0.1, 0.15) is 12.0 Å². The standard InChI is InChI=1S/C29H22F3N7O/c30-20-8-18(9-21(40)11-20)22-3-5-34-27-25(22)35-28(36-27)26-23-10-17(1-2-24(23)37-38-26)19-7-16(12-33-13-19)14-39-6-4-29(31,32)15-39/h1-3,5,7-13,40H,4,6,14-15H2,(H,37,38)(H,34,35,36). The molecule has 200 valence electrons. The number of H-pyrrole nitrogens is 2. The van der Waals surface area contributed by atoms with E-state index in [-0.39, 0.29) is 18.7 Å². The molecule has 40 heavy (non-hydrogen) atoms. The zero-order valence-corrected chi connectivity index (χ0v) is 21.0. The summed E-state index contributed by atoms with van der Waals surface area (Å²) < 4.78 is 41.3. The van der Waals surface area contributed by atoms with Gasteiger partial charge < -0.3 is 10.1 Å². The van der Waals surface area contributed by atoms with Crippen molar-refractivity contribution in [3.63, 3.8) is 0 Å². The minimum absolute atomic E-state index is 0.121. The third kappa shape index (κ3) is 4.43. The molecule has 1 aliphatic rings. The van der Waals surface area contributed by atoms with Crippen LogP contribution >= 0.6 is 0 Å². The lowest BCUT2D eigenvalue weighted by molar-refractivity contribution is 0.0115. The second-order valence-electron chi connectivity index (χ2n) is 10.1. The molecule has 1 aliphatic heterocycles. The molecule has 1 fully saturated rings. The lowest BCUT2D eigenvalue weighted by Crippen LogP contribution is -2.24. The maximum absolute atomic E-state index is 14.0. The summed E-state index contributed by atoms with van der Waals surface area (Å²) in [5, 5.41) is 18.2. The number of nitrogens with one attached hydrogen (secondary N) is 2. The van der Waals surface area contributed by atoms with Crippen LogP contribution in [0.2, 0.25) is 0 Å². The van der Waals surface area contributed by atoms with Crippen molar-refractivity contribution < 1.29 is 18.3 Å². The largest absolute Gasteiger partial charge is 0.508 e. The summed E-state index contributed by atoms with van der Waals surface area (Å²) in [7, 11) is 0. The molecule has 4 aromatic heterocycles. The molecule has 0 radical (unpaired) electrons. The van der Waals surface area contributed by atoms with Crippen LogP contribution in [0.15, 0.2) is 67.1 Å². The molecule has 5 heterocycles. The number of aromatic hydroxyl groups is 1. The molecule has 0 atom stereocenters. The van der Waals surface area contributed by atoms with Crippen LogP contribution in [-0.4, -0.2) is 59.2 Å². The Morgan fingerprint density at radius 3 is 2.73 bits per heavy atom. The van der Waals surface area contributed by atoms with E-state index in [0.29, 0.717) is 46.9 Å². The topological polar surface area (TPSA) is 107 Å². The minimum atomic E-state index is -2.64. The van der Waals surface area contributed by atoms with Gasteiger partial charge in [0.05, 0.1) is 17.6 Å². The number of likely N-dealkylation sites (tertiary alicyclic amines) is 1.